The number of hydrogen-bond acceptors (Lipinski definition) is 3. The minimum atomic E-state index is -0.376. The zero-order valence-electron chi connectivity index (χ0n) is 16.6. The van der Waals surface area contributed by atoms with E-state index in [2.05, 4.69) is 10.6 Å². The van der Waals surface area contributed by atoms with E-state index in [0.717, 1.165) is 27.9 Å². The Kier molecular flexibility index (Phi) is 5.61. The zero-order valence-corrected chi connectivity index (χ0v) is 16.6. The summed E-state index contributed by atoms with van der Waals surface area (Å²) in [4.78, 5) is 24.1. The summed E-state index contributed by atoms with van der Waals surface area (Å²) in [5.74, 6) is 0.435. The summed E-state index contributed by atoms with van der Waals surface area (Å²) in [6.07, 6.45) is 0.148. The molecule has 0 unspecified atom stereocenters. The van der Waals surface area contributed by atoms with Crippen molar-refractivity contribution in [3.8, 4) is 11.3 Å². The van der Waals surface area contributed by atoms with Gasteiger partial charge >= 0.3 is 0 Å². The van der Waals surface area contributed by atoms with Crippen LogP contribution in [0.5, 0.6) is 0 Å². The molecular weight excluding hydrogens is 376 g/mol. The molecule has 5 heteroatoms. The first kappa shape index (κ1) is 19.5. The van der Waals surface area contributed by atoms with Gasteiger partial charge in [-0.15, -0.1) is 0 Å². The van der Waals surface area contributed by atoms with E-state index < -0.39 is 0 Å². The Hall–Kier alpha value is -3.86. The predicted molar refractivity (Wildman–Crippen MR) is 118 cm³/mol. The first-order valence-electron chi connectivity index (χ1n) is 9.79. The van der Waals surface area contributed by atoms with Gasteiger partial charge in [0, 0.05) is 23.6 Å². The number of furan rings is 1. The number of carbonyl (C=O) groups is 2. The van der Waals surface area contributed by atoms with Crippen LogP contribution in [0.25, 0.3) is 22.3 Å². The molecule has 2 N–H and O–H groups in total. The molecule has 0 radical (unpaired) electrons. The first-order chi connectivity index (χ1) is 14.6. The molecule has 0 bridgehead atoms. The normalized spacial score (nSPS) is 11.8. The fourth-order valence-corrected chi connectivity index (χ4v) is 3.42. The molecule has 30 heavy (non-hydrogen) atoms. The summed E-state index contributed by atoms with van der Waals surface area (Å²) in [5.41, 5.74) is 3.36. The van der Waals surface area contributed by atoms with Gasteiger partial charge in [-0.05, 0) is 42.0 Å². The van der Waals surface area contributed by atoms with E-state index in [-0.39, 0.29) is 24.3 Å². The van der Waals surface area contributed by atoms with Crippen LogP contribution in [-0.4, -0.2) is 11.8 Å². The van der Waals surface area contributed by atoms with Gasteiger partial charge in [0.05, 0.1) is 12.5 Å². The van der Waals surface area contributed by atoms with Gasteiger partial charge in [0.2, 0.25) is 11.8 Å². The van der Waals surface area contributed by atoms with Crippen molar-refractivity contribution in [2.24, 2.45) is 0 Å². The van der Waals surface area contributed by atoms with Crippen LogP contribution < -0.4 is 10.6 Å². The third kappa shape index (κ3) is 4.58. The van der Waals surface area contributed by atoms with Crippen molar-refractivity contribution in [1.29, 1.82) is 0 Å². The highest BCUT2D eigenvalue weighted by atomic mass is 16.3. The average molecular weight is 398 g/mol. The Bertz CT molecular complexity index is 1130. The van der Waals surface area contributed by atoms with Gasteiger partial charge in [-0.1, -0.05) is 48.5 Å². The van der Waals surface area contributed by atoms with Gasteiger partial charge in [-0.3, -0.25) is 9.59 Å². The largest absolute Gasteiger partial charge is 0.456 e. The highest BCUT2D eigenvalue weighted by Crippen LogP contribution is 2.28. The number of benzene rings is 3. The van der Waals surface area contributed by atoms with E-state index in [9.17, 15) is 9.59 Å². The van der Waals surface area contributed by atoms with Crippen LogP contribution in [0.15, 0.2) is 89.3 Å². The molecule has 0 saturated heterocycles. The van der Waals surface area contributed by atoms with Gasteiger partial charge in [-0.25, -0.2) is 0 Å². The lowest BCUT2D eigenvalue weighted by Crippen LogP contribution is -2.29. The van der Waals surface area contributed by atoms with E-state index in [1.807, 2.05) is 84.9 Å². The molecule has 2 amide bonds. The summed E-state index contributed by atoms with van der Waals surface area (Å²) in [7, 11) is 0. The SMILES string of the molecule is CC(=O)N[C@H](CC(=O)Nc1ccc(-c2cc3ccccc3o2)cc1)c1ccccc1. The van der Waals surface area contributed by atoms with Crippen molar-refractivity contribution in [3.63, 3.8) is 0 Å². The van der Waals surface area contributed by atoms with Crippen molar-refractivity contribution >= 4 is 28.5 Å². The quantitative estimate of drug-likeness (QED) is 0.463. The monoisotopic (exact) mass is 398 g/mol. The van der Waals surface area contributed by atoms with Crippen LogP contribution >= 0.6 is 0 Å². The van der Waals surface area contributed by atoms with Crippen LogP contribution in [0, 0.1) is 0 Å². The number of anilines is 1. The molecule has 4 rings (SSSR count). The van der Waals surface area contributed by atoms with Crippen molar-refractivity contribution < 1.29 is 14.0 Å². The number of hydrogen-bond donors (Lipinski definition) is 2. The molecule has 0 fully saturated rings. The number of nitrogens with one attached hydrogen (secondary N) is 2. The molecule has 0 saturated carbocycles. The number of fused-ring (bicyclic) bond motifs is 1. The average Bonchev–Trinajstić information content (AvgIpc) is 3.18. The fourth-order valence-electron chi connectivity index (χ4n) is 3.42. The van der Waals surface area contributed by atoms with E-state index in [0.29, 0.717) is 5.69 Å². The molecule has 3 aromatic carbocycles. The topological polar surface area (TPSA) is 71.3 Å². The van der Waals surface area contributed by atoms with E-state index in [1.54, 1.807) is 0 Å². The zero-order chi connectivity index (χ0) is 20.9. The maximum atomic E-state index is 12.6. The van der Waals surface area contributed by atoms with Crippen LogP contribution in [0.1, 0.15) is 24.9 Å². The van der Waals surface area contributed by atoms with Crippen LogP contribution in [0.2, 0.25) is 0 Å². The fraction of sp³-hybridized carbons (Fsp3) is 0.120. The van der Waals surface area contributed by atoms with Gasteiger partial charge in [0.15, 0.2) is 0 Å². The summed E-state index contributed by atoms with van der Waals surface area (Å²) < 4.78 is 5.89. The smallest absolute Gasteiger partial charge is 0.226 e. The summed E-state index contributed by atoms with van der Waals surface area (Å²) >= 11 is 0. The lowest BCUT2D eigenvalue weighted by molar-refractivity contribution is -0.120. The van der Waals surface area contributed by atoms with Crippen molar-refractivity contribution in [1.82, 2.24) is 5.32 Å². The molecule has 0 aliphatic rings. The van der Waals surface area contributed by atoms with Crippen LogP contribution in [0.4, 0.5) is 5.69 Å². The van der Waals surface area contributed by atoms with Crippen LogP contribution in [0.3, 0.4) is 0 Å². The minimum Gasteiger partial charge on any atom is -0.456 e. The van der Waals surface area contributed by atoms with E-state index in [1.165, 1.54) is 6.92 Å². The van der Waals surface area contributed by atoms with Crippen molar-refractivity contribution in [3.05, 3.63) is 90.5 Å². The molecule has 4 aromatic rings. The highest BCUT2D eigenvalue weighted by molar-refractivity contribution is 5.92. The Balaban J connectivity index is 1.44. The van der Waals surface area contributed by atoms with Crippen molar-refractivity contribution in [2.45, 2.75) is 19.4 Å². The molecule has 150 valence electrons. The van der Waals surface area contributed by atoms with Gasteiger partial charge < -0.3 is 15.1 Å². The second kappa shape index (κ2) is 8.66. The van der Waals surface area contributed by atoms with Crippen LogP contribution in [-0.2, 0) is 9.59 Å². The number of carbonyl (C=O) groups excluding carboxylic acids is 2. The summed E-state index contributed by atoms with van der Waals surface area (Å²) in [6.45, 7) is 1.45. The maximum absolute atomic E-state index is 12.6. The molecule has 0 aliphatic carbocycles. The third-order valence-corrected chi connectivity index (χ3v) is 4.85. The Morgan fingerprint density at radius 1 is 0.900 bits per heavy atom. The standard InChI is InChI=1S/C25H22N2O3/c1-17(28)26-22(18-7-3-2-4-8-18)16-25(29)27-21-13-11-19(12-14-21)24-15-20-9-5-6-10-23(20)30-24/h2-15,22H,16H2,1H3,(H,26,28)(H,27,29)/t22-/m1/s1. The molecule has 0 aliphatic heterocycles. The lowest BCUT2D eigenvalue weighted by Gasteiger charge is -2.18. The Labute approximate surface area is 174 Å². The van der Waals surface area contributed by atoms with E-state index in [4.69, 9.17) is 4.42 Å². The minimum absolute atomic E-state index is 0.148. The molecular formula is C25H22N2O3. The first-order valence-corrected chi connectivity index (χ1v) is 9.79. The molecule has 1 aromatic heterocycles. The summed E-state index contributed by atoms with van der Waals surface area (Å²) in [5, 5.41) is 6.79. The van der Waals surface area contributed by atoms with Gasteiger partial charge in [-0.2, -0.15) is 0 Å². The summed E-state index contributed by atoms with van der Waals surface area (Å²) in [6, 6.07) is 26.5. The maximum Gasteiger partial charge on any atom is 0.226 e. The number of para-hydroxylation sites is 1. The number of amides is 2. The number of rotatable bonds is 6. The molecule has 0 spiro atoms. The Morgan fingerprint density at radius 2 is 1.60 bits per heavy atom. The Morgan fingerprint density at radius 3 is 2.30 bits per heavy atom. The second-order valence-electron chi connectivity index (χ2n) is 7.14. The lowest BCUT2D eigenvalue weighted by atomic mass is 10.0. The second-order valence-corrected chi connectivity index (χ2v) is 7.14. The van der Waals surface area contributed by atoms with E-state index >= 15 is 0 Å². The molecule has 5 nitrogen and oxygen atoms in total. The van der Waals surface area contributed by atoms with Gasteiger partial charge in [0.25, 0.3) is 0 Å². The highest BCUT2D eigenvalue weighted by Gasteiger charge is 2.17. The predicted octanol–water partition coefficient (Wildman–Crippen LogP) is 5.31. The van der Waals surface area contributed by atoms with Gasteiger partial charge in [0.1, 0.15) is 11.3 Å². The molecule has 1 atom stereocenters. The third-order valence-electron chi connectivity index (χ3n) is 4.85. The van der Waals surface area contributed by atoms with Crippen molar-refractivity contribution in [2.75, 3.05) is 5.32 Å². The molecule has 1 heterocycles.